The van der Waals surface area contributed by atoms with E-state index < -0.39 is 77.2 Å². The quantitative estimate of drug-likeness (QED) is 0.0659. The second-order valence-electron chi connectivity index (χ2n) is 19.9. The number of ketones is 2. The van der Waals surface area contributed by atoms with Gasteiger partial charge >= 0.3 is 16.5 Å². The van der Waals surface area contributed by atoms with Crippen molar-refractivity contribution in [3.8, 4) is 5.75 Å². The van der Waals surface area contributed by atoms with E-state index in [1.54, 1.807) is 37.8 Å². The molecule has 0 saturated carbocycles. The molecule has 0 aliphatic carbocycles. The van der Waals surface area contributed by atoms with Crippen LogP contribution in [-0.2, 0) is 55.2 Å². The first-order valence-corrected chi connectivity index (χ1v) is 26.3. The van der Waals surface area contributed by atoms with Gasteiger partial charge in [-0.1, -0.05) is 92.1 Å². The number of nitrogens with one attached hydrogen (secondary N) is 1. The van der Waals surface area contributed by atoms with Gasteiger partial charge in [0.1, 0.15) is 18.1 Å². The number of ether oxygens (including phenoxy) is 3. The Morgan fingerprint density at radius 2 is 1.51 bits per heavy atom. The highest BCUT2D eigenvalue weighted by atomic mass is 32.3. The summed E-state index contributed by atoms with van der Waals surface area (Å²) in [5.74, 6) is -4.43. The Labute approximate surface area is 426 Å². The number of aliphatic hydroxyl groups is 1. The highest BCUT2D eigenvalue weighted by molar-refractivity contribution is 7.81. The fourth-order valence-corrected chi connectivity index (χ4v) is 10.2. The molecule has 1 saturated heterocycles. The summed E-state index contributed by atoms with van der Waals surface area (Å²) < 4.78 is 54.0. The summed E-state index contributed by atoms with van der Waals surface area (Å²) in [5.41, 5.74) is 6.50. The van der Waals surface area contributed by atoms with Crippen LogP contribution in [0.1, 0.15) is 118 Å². The molecule has 20 heteroatoms. The lowest BCUT2D eigenvalue weighted by Crippen LogP contribution is -2.54. The molecule has 1 aliphatic rings. The van der Waals surface area contributed by atoms with Crippen molar-refractivity contribution in [2.75, 3.05) is 46.7 Å². The molecule has 2 aromatic rings. The largest absolute Gasteiger partial charge is 0.446 e. The number of aliphatic hydroxyl groups excluding tert-OH is 1. The summed E-state index contributed by atoms with van der Waals surface area (Å²) in [4.78, 5) is 87.8. The lowest BCUT2D eigenvalue weighted by atomic mass is 9.83. The summed E-state index contributed by atoms with van der Waals surface area (Å²) in [6.45, 7) is 14.9. The number of Topliss-reactive ketones (excluding diaryl/α,β-unsaturated/α-hetero) is 2. The predicted octanol–water partition coefficient (Wildman–Crippen LogP) is 6.23. The van der Waals surface area contributed by atoms with Crippen molar-refractivity contribution in [2.45, 2.75) is 143 Å². The molecule has 2 aromatic carbocycles. The van der Waals surface area contributed by atoms with Crippen molar-refractivity contribution < 1.29 is 65.2 Å². The molecule has 0 unspecified atom stereocenters. The van der Waals surface area contributed by atoms with Crippen LogP contribution in [0.4, 0.5) is 10.5 Å². The van der Waals surface area contributed by atoms with Crippen LogP contribution in [0.15, 0.2) is 48.5 Å². The zero-order valence-corrected chi connectivity index (χ0v) is 45.1. The molecular weight excluding hydrogens is 951 g/mol. The van der Waals surface area contributed by atoms with Crippen LogP contribution in [0.3, 0.4) is 0 Å². The van der Waals surface area contributed by atoms with Crippen LogP contribution >= 0.6 is 0 Å². The number of benzene rings is 2. The zero-order chi connectivity index (χ0) is 54.2. The van der Waals surface area contributed by atoms with Gasteiger partial charge in [0.2, 0.25) is 17.7 Å². The van der Waals surface area contributed by atoms with Gasteiger partial charge in [-0.2, -0.15) is 8.42 Å². The molecule has 0 bridgehead atoms. The molecule has 3 rings (SSSR count). The summed E-state index contributed by atoms with van der Waals surface area (Å²) in [5, 5.41) is 13.5. The lowest BCUT2D eigenvalue weighted by Gasteiger charge is -2.41. The molecule has 19 nitrogen and oxygen atoms in total. The molecular formula is C52H81N5O14S. The standard InChI is InChI=1S/C52H81N5O14S/c1-13-33(6)48(44(68-11)29-46(61)57-25-17-20-41(57)50(69-12)35(8)42(58)26-34(7)49(62)36-18-15-14-16-19-36)55(9)51(63)39(31(2)3)28-43(59)47(32(4)5)56(10)52(64)70-30-37-21-22-38(71-72(65,66)67)27-40(37)54-45(60)23-24-53/h14-16,18-19,21-22,27,31-35,39,41,44,47-50,62H,13,17,20,23-26,28-30,53H2,1-12H3,(H,54,60)(H,65,66,67)/t33-,34-,35-,39-,41-,44+,47-,48-,49+,50+/m0/s1. The number of carbonyl (C=O) groups excluding carboxylic acids is 6. The van der Waals surface area contributed by atoms with Crippen molar-refractivity contribution >= 4 is 51.5 Å². The van der Waals surface area contributed by atoms with Gasteiger partial charge in [-0.3, -0.25) is 28.5 Å². The molecule has 404 valence electrons. The molecule has 72 heavy (non-hydrogen) atoms. The van der Waals surface area contributed by atoms with Crippen LogP contribution < -0.4 is 15.2 Å². The monoisotopic (exact) mass is 1030 g/mol. The number of nitrogens with zero attached hydrogens (tertiary/aromatic N) is 3. The fraction of sp³-hybridized carbons (Fsp3) is 0.654. The minimum absolute atomic E-state index is 0.0191. The molecule has 1 fully saturated rings. The highest BCUT2D eigenvalue weighted by Gasteiger charge is 2.44. The molecule has 0 spiro atoms. The van der Waals surface area contributed by atoms with Gasteiger partial charge in [-0.15, -0.1) is 0 Å². The number of likely N-dealkylation sites (tertiary alicyclic amines) is 1. The minimum atomic E-state index is -4.89. The van der Waals surface area contributed by atoms with E-state index in [1.807, 2.05) is 71.9 Å². The van der Waals surface area contributed by atoms with Gasteiger partial charge in [-0.05, 0) is 54.2 Å². The highest BCUT2D eigenvalue weighted by Crippen LogP contribution is 2.33. The van der Waals surface area contributed by atoms with Crippen LogP contribution in [0.25, 0.3) is 0 Å². The second kappa shape index (κ2) is 28.5. The third kappa shape index (κ3) is 17.0. The molecule has 10 atom stereocenters. The minimum Gasteiger partial charge on any atom is -0.444 e. The summed E-state index contributed by atoms with van der Waals surface area (Å²) in [7, 11) is 1.23. The smallest absolute Gasteiger partial charge is 0.444 e. The molecule has 1 aliphatic heterocycles. The molecule has 5 N–H and O–H groups in total. The van der Waals surface area contributed by atoms with Gasteiger partial charge in [0.05, 0.1) is 48.5 Å². The first-order valence-electron chi connectivity index (χ1n) is 24.9. The van der Waals surface area contributed by atoms with E-state index in [1.165, 1.54) is 26.3 Å². The summed E-state index contributed by atoms with van der Waals surface area (Å²) >= 11 is 0. The molecule has 1 heterocycles. The number of carbonyl (C=O) groups is 6. The lowest BCUT2D eigenvalue weighted by molar-refractivity contribution is -0.149. The van der Waals surface area contributed by atoms with E-state index in [0.29, 0.717) is 25.8 Å². The molecule has 4 amide bonds. The van der Waals surface area contributed by atoms with E-state index >= 15 is 0 Å². The Bertz CT molecular complexity index is 2230. The summed E-state index contributed by atoms with van der Waals surface area (Å²) in [6, 6.07) is 10.9. The van der Waals surface area contributed by atoms with Crippen molar-refractivity contribution in [3.05, 3.63) is 59.7 Å². The third-order valence-electron chi connectivity index (χ3n) is 14.0. The average molecular weight is 1030 g/mol. The number of nitrogens with two attached hydrogens (primary N) is 1. The van der Waals surface area contributed by atoms with Gasteiger partial charge in [0.15, 0.2) is 5.78 Å². The number of anilines is 1. The van der Waals surface area contributed by atoms with Crippen LogP contribution in [-0.4, -0.2) is 140 Å². The molecule has 0 aromatic heterocycles. The van der Waals surface area contributed by atoms with Crippen molar-refractivity contribution in [1.82, 2.24) is 14.7 Å². The van der Waals surface area contributed by atoms with Crippen LogP contribution in [0, 0.1) is 35.5 Å². The zero-order valence-electron chi connectivity index (χ0n) is 44.2. The van der Waals surface area contributed by atoms with Crippen molar-refractivity contribution in [3.63, 3.8) is 0 Å². The van der Waals surface area contributed by atoms with E-state index in [2.05, 4.69) is 9.50 Å². The SMILES string of the molecule is CC[C@H](C)[C@@H]([C@@H](CC(=O)N1CCC[C@H]1[C@H](OC)[C@@H](C)C(=O)C[C@H](C)[C@@H](O)c1ccccc1)OC)N(C)C(=O)[C@@H](CC(=O)[C@H](C(C)C)N(C)C(=O)OCc1ccc(OS(=O)(=O)O)cc1NC(=O)CCN)C(C)C. The van der Waals surface area contributed by atoms with Crippen molar-refractivity contribution in [1.29, 1.82) is 0 Å². The maximum atomic E-state index is 14.7. The van der Waals surface area contributed by atoms with Gasteiger partial charge < -0.3 is 49.3 Å². The number of rotatable bonds is 29. The number of methoxy groups -OCH3 is 2. The van der Waals surface area contributed by atoms with E-state index in [0.717, 1.165) is 16.5 Å². The van der Waals surface area contributed by atoms with E-state index in [9.17, 15) is 42.3 Å². The predicted molar refractivity (Wildman–Crippen MR) is 272 cm³/mol. The Balaban J connectivity index is 1.78. The normalized spacial score (nSPS) is 17.7. The first kappa shape index (κ1) is 61.3. The fourth-order valence-electron chi connectivity index (χ4n) is 9.85. The van der Waals surface area contributed by atoms with Gasteiger partial charge in [0, 0.05) is 84.1 Å². The molecule has 0 radical (unpaired) electrons. The second-order valence-corrected chi connectivity index (χ2v) is 20.9. The Kier molecular flexibility index (Phi) is 24.2. The number of hydrogen-bond acceptors (Lipinski definition) is 14. The Hall–Kier alpha value is -4.99. The first-order chi connectivity index (χ1) is 33.8. The number of amides is 4. The van der Waals surface area contributed by atoms with Crippen LogP contribution in [0.2, 0.25) is 0 Å². The van der Waals surface area contributed by atoms with Gasteiger partial charge in [0.25, 0.3) is 0 Å². The summed E-state index contributed by atoms with van der Waals surface area (Å²) in [6.07, 6.45) is -1.28. The van der Waals surface area contributed by atoms with Crippen LogP contribution in [0.5, 0.6) is 5.75 Å². The number of likely N-dealkylation sites (N-methyl/N-ethyl adjacent to an activating group) is 2. The Morgan fingerprint density at radius 3 is 2.07 bits per heavy atom. The van der Waals surface area contributed by atoms with Gasteiger partial charge in [-0.25, -0.2) is 4.79 Å². The maximum Gasteiger partial charge on any atom is 0.446 e. The Morgan fingerprint density at radius 1 is 0.861 bits per heavy atom. The third-order valence-corrected chi connectivity index (χ3v) is 14.4. The maximum absolute atomic E-state index is 14.7. The van der Waals surface area contributed by atoms with E-state index in [4.69, 9.17) is 24.5 Å². The average Bonchev–Trinajstić information content (AvgIpc) is 3.81. The topological polar surface area (TPSA) is 262 Å². The van der Waals surface area contributed by atoms with Crippen molar-refractivity contribution in [2.24, 2.45) is 41.2 Å². The number of hydrogen-bond donors (Lipinski definition) is 4. The van der Waals surface area contributed by atoms with E-state index in [-0.39, 0.29) is 96.4 Å².